The third-order valence-electron chi connectivity index (χ3n) is 7.62. The largest absolute Gasteiger partial charge is 0.411 e. The highest BCUT2D eigenvalue weighted by Crippen LogP contribution is 2.41. The molecule has 5 heterocycles. The number of ether oxygens (including phenoxy) is 2. The zero-order valence-electron chi connectivity index (χ0n) is 17.4. The van der Waals surface area contributed by atoms with Crippen LogP contribution in [-0.2, 0) is 9.47 Å². The molecule has 160 valence electrons. The van der Waals surface area contributed by atoms with Crippen LogP contribution < -0.4 is 4.90 Å². The molecule has 4 aliphatic heterocycles. The molecule has 0 saturated carbocycles. The maximum Gasteiger partial charge on any atom is 0.318 e. The highest BCUT2D eigenvalue weighted by Gasteiger charge is 2.52. The van der Waals surface area contributed by atoms with E-state index in [1.165, 1.54) is 24.8 Å². The number of likely N-dealkylation sites (tertiary alicyclic amines) is 1. The van der Waals surface area contributed by atoms with Crippen LogP contribution in [0.15, 0.2) is 35.1 Å². The van der Waals surface area contributed by atoms with Crippen LogP contribution in [0, 0.1) is 0 Å². The summed E-state index contributed by atoms with van der Waals surface area (Å²) in [5.74, 6) is 1.26. The van der Waals surface area contributed by atoms with Crippen molar-refractivity contribution >= 4 is 6.01 Å². The van der Waals surface area contributed by atoms with Crippen LogP contribution in [0.4, 0.5) is 6.01 Å². The van der Waals surface area contributed by atoms with Crippen molar-refractivity contribution < 1.29 is 13.9 Å². The molecule has 0 amide bonds. The first-order valence-corrected chi connectivity index (χ1v) is 11.4. The average molecular weight is 411 g/mol. The third-order valence-corrected chi connectivity index (χ3v) is 7.62. The highest BCUT2D eigenvalue weighted by molar-refractivity contribution is 5.35. The number of rotatable bonds is 4. The number of aromatic nitrogens is 2. The van der Waals surface area contributed by atoms with Gasteiger partial charge in [-0.3, -0.25) is 4.90 Å². The molecule has 4 aliphatic rings. The first-order chi connectivity index (χ1) is 14.8. The number of piperidine rings is 1. The standard InChI is InChI=1S/C23H30N4O3/c1-2-4-21(18-7-10-28-12-18)20(3-1)17-5-8-26(9-6-17)19-11-23(30-13-19)14-27(15-23)22-25-24-16-29-22/h1-4,16-19H,5-15H2/t18?,19-/m0/s1. The maximum absolute atomic E-state index is 6.28. The van der Waals surface area contributed by atoms with Crippen LogP contribution in [0.25, 0.3) is 0 Å². The molecule has 0 N–H and O–H groups in total. The molecule has 1 aromatic carbocycles. The van der Waals surface area contributed by atoms with Gasteiger partial charge in [0.2, 0.25) is 6.39 Å². The predicted octanol–water partition coefficient (Wildman–Crippen LogP) is 2.80. The lowest BCUT2D eigenvalue weighted by Crippen LogP contribution is -2.62. The molecule has 0 radical (unpaired) electrons. The summed E-state index contributed by atoms with van der Waals surface area (Å²) in [4.78, 5) is 4.78. The fourth-order valence-corrected chi connectivity index (χ4v) is 5.97. The van der Waals surface area contributed by atoms with Gasteiger partial charge < -0.3 is 18.8 Å². The zero-order chi connectivity index (χ0) is 20.0. The van der Waals surface area contributed by atoms with Gasteiger partial charge in [-0.25, -0.2) is 0 Å². The van der Waals surface area contributed by atoms with Crippen LogP contribution in [0.5, 0.6) is 0 Å². The molecule has 0 bridgehead atoms. The van der Waals surface area contributed by atoms with E-state index in [1.807, 2.05) is 0 Å². The Balaban J connectivity index is 1.05. The van der Waals surface area contributed by atoms with Crippen molar-refractivity contribution in [3.63, 3.8) is 0 Å². The normalized spacial score (nSPS) is 29.5. The van der Waals surface area contributed by atoms with Crippen molar-refractivity contribution in [1.29, 1.82) is 0 Å². The molecular weight excluding hydrogens is 380 g/mol. The van der Waals surface area contributed by atoms with Crippen LogP contribution >= 0.6 is 0 Å². The minimum Gasteiger partial charge on any atom is -0.411 e. The van der Waals surface area contributed by atoms with Gasteiger partial charge in [-0.05, 0) is 55.8 Å². The van der Waals surface area contributed by atoms with E-state index in [1.54, 1.807) is 5.56 Å². The Bertz CT molecular complexity index is 853. The summed E-state index contributed by atoms with van der Waals surface area (Å²) in [6.45, 7) is 6.69. The van der Waals surface area contributed by atoms with Gasteiger partial charge >= 0.3 is 6.01 Å². The fraction of sp³-hybridized carbons (Fsp3) is 0.652. The molecule has 2 aromatic rings. The zero-order valence-corrected chi connectivity index (χ0v) is 17.4. The first-order valence-electron chi connectivity index (χ1n) is 11.4. The summed E-state index contributed by atoms with van der Waals surface area (Å²) >= 11 is 0. The summed E-state index contributed by atoms with van der Waals surface area (Å²) in [6, 6.07) is 10.2. The minimum atomic E-state index is -0.0228. The topological polar surface area (TPSA) is 63.9 Å². The van der Waals surface area contributed by atoms with Crippen LogP contribution in [0.3, 0.4) is 0 Å². The van der Waals surface area contributed by atoms with E-state index in [-0.39, 0.29) is 5.60 Å². The van der Waals surface area contributed by atoms with Gasteiger partial charge in [0.05, 0.1) is 26.3 Å². The number of hydrogen-bond donors (Lipinski definition) is 0. The van der Waals surface area contributed by atoms with Gasteiger partial charge in [-0.1, -0.05) is 29.4 Å². The lowest BCUT2D eigenvalue weighted by atomic mass is 9.81. The van der Waals surface area contributed by atoms with E-state index >= 15 is 0 Å². The van der Waals surface area contributed by atoms with Crippen molar-refractivity contribution in [2.45, 2.75) is 49.2 Å². The third kappa shape index (κ3) is 3.33. The second kappa shape index (κ2) is 7.62. The average Bonchev–Trinajstić information content (AvgIpc) is 3.54. The van der Waals surface area contributed by atoms with Crippen molar-refractivity contribution in [2.75, 3.05) is 50.9 Å². The lowest BCUT2D eigenvalue weighted by molar-refractivity contribution is -0.0216. The lowest BCUT2D eigenvalue weighted by Gasteiger charge is -2.46. The molecule has 6 rings (SSSR count). The molecular formula is C23H30N4O3. The Labute approximate surface area is 177 Å². The number of anilines is 1. The van der Waals surface area contributed by atoms with E-state index in [2.05, 4.69) is 44.3 Å². The van der Waals surface area contributed by atoms with Crippen molar-refractivity contribution in [3.05, 3.63) is 41.8 Å². The fourth-order valence-electron chi connectivity index (χ4n) is 5.97. The molecule has 4 saturated heterocycles. The van der Waals surface area contributed by atoms with Crippen LogP contribution in [0.1, 0.15) is 48.6 Å². The minimum absolute atomic E-state index is 0.0228. The molecule has 7 nitrogen and oxygen atoms in total. The Hall–Kier alpha value is -1.96. The van der Waals surface area contributed by atoms with E-state index in [0.29, 0.717) is 23.9 Å². The van der Waals surface area contributed by atoms with E-state index in [4.69, 9.17) is 13.9 Å². The molecule has 0 aliphatic carbocycles. The number of benzene rings is 1. The monoisotopic (exact) mass is 410 g/mol. The highest BCUT2D eigenvalue weighted by atomic mass is 16.5. The summed E-state index contributed by atoms with van der Waals surface area (Å²) < 4.78 is 17.3. The SMILES string of the molecule is c1ccc(C2CCOC2)c(C2CCN([C@@H]3COC4(C3)CN(c3nnco3)C4)CC2)c1. The van der Waals surface area contributed by atoms with E-state index in [0.717, 1.165) is 58.8 Å². The molecule has 30 heavy (non-hydrogen) atoms. The van der Waals surface area contributed by atoms with Crippen molar-refractivity contribution in [3.8, 4) is 0 Å². The van der Waals surface area contributed by atoms with Crippen LogP contribution in [0.2, 0.25) is 0 Å². The summed E-state index contributed by atoms with van der Waals surface area (Å²) in [6.07, 6.45) is 6.14. The number of nitrogens with zero attached hydrogens (tertiary/aromatic N) is 4. The van der Waals surface area contributed by atoms with Crippen LogP contribution in [-0.4, -0.2) is 72.7 Å². The van der Waals surface area contributed by atoms with Gasteiger partial charge in [-0.2, -0.15) is 0 Å². The molecule has 7 heteroatoms. The quantitative estimate of drug-likeness (QED) is 0.768. The smallest absolute Gasteiger partial charge is 0.318 e. The van der Waals surface area contributed by atoms with E-state index < -0.39 is 0 Å². The van der Waals surface area contributed by atoms with Gasteiger partial charge in [0.1, 0.15) is 5.60 Å². The summed E-state index contributed by atoms with van der Waals surface area (Å²) in [5, 5.41) is 7.79. The number of hydrogen-bond acceptors (Lipinski definition) is 7. The first kappa shape index (κ1) is 18.8. The Morgan fingerprint density at radius 1 is 0.967 bits per heavy atom. The van der Waals surface area contributed by atoms with Gasteiger partial charge in [0.25, 0.3) is 0 Å². The Morgan fingerprint density at radius 3 is 2.47 bits per heavy atom. The second-order valence-corrected chi connectivity index (χ2v) is 9.43. The maximum atomic E-state index is 6.28. The van der Waals surface area contributed by atoms with Gasteiger partial charge in [0.15, 0.2) is 0 Å². The summed E-state index contributed by atoms with van der Waals surface area (Å²) in [7, 11) is 0. The Morgan fingerprint density at radius 2 is 1.77 bits per heavy atom. The Kier molecular flexibility index (Phi) is 4.77. The molecule has 1 spiro atoms. The van der Waals surface area contributed by atoms with Gasteiger partial charge in [0, 0.05) is 18.6 Å². The van der Waals surface area contributed by atoms with Gasteiger partial charge in [-0.15, -0.1) is 5.10 Å². The van der Waals surface area contributed by atoms with Crippen molar-refractivity contribution in [2.24, 2.45) is 0 Å². The molecule has 2 atom stereocenters. The van der Waals surface area contributed by atoms with E-state index in [9.17, 15) is 0 Å². The molecule has 1 aromatic heterocycles. The van der Waals surface area contributed by atoms with Crippen molar-refractivity contribution in [1.82, 2.24) is 15.1 Å². The second-order valence-electron chi connectivity index (χ2n) is 9.43. The molecule has 1 unspecified atom stereocenters. The summed E-state index contributed by atoms with van der Waals surface area (Å²) in [5.41, 5.74) is 3.08. The predicted molar refractivity (Wildman–Crippen MR) is 112 cm³/mol. The molecule has 4 fully saturated rings.